The molecule has 36 heavy (non-hydrogen) atoms. The summed E-state index contributed by atoms with van der Waals surface area (Å²) in [5.74, 6) is 1.01. The minimum Gasteiger partial charge on any atom is -0.353 e. The number of para-hydroxylation sites is 1. The van der Waals surface area contributed by atoms with E-state index in [1.54, 1.807) is 17.2 Å². The van der Waals surface area contributed by atoms with E-state index < -0.39 is 0 Å². The average molecular weight is 482 g/mol. The second kappa shape index (κ2) is 10.2. The van der Waals surface area contributed by atoms with Crippen molar-refractivity contribution in [1.29, 1.82) is 0 Å². The van der Waals surface area contributed by atoms with Crippen LogP contribution in [0.25, 0.3) is 10.9 Å². The Bertz CT molecular complexity index is 1390. The van der Waals surface area contributed by atoms with Crippen LogP contribution in [0.15, 0.2) is 72.0 Å². The molecule has 8 heteroatoms. The van der Waals surface area contributed by atoms with Gasteiger partial charge >= 0.3 is 0 Å². The van der Waals surface area contributed by atoms with Crippen LogP contribution < -0.4 is 10.5 Å². The maximum atomic E-state index is 13.3. The fourth-order valence-corrected chi connectivity index (χ4v) is 5.32. The molecule has 0 aliphatic carbocycles. The lowest BCUT2D eigenvalue weighted by atomic mass is 10.1. The van der Waals surface area contributed by atoms with Crippen molar-refractivity contribution in [3.8, 4) is 0 Å². The van der Waals surface area contributed by atoms with E-state index in [2.05, 4.69) is 60.0 Å². The molecule has 0 spiro atoms. The maximum absolute atomic E-state index is 13.3. The van der Waals surface area contributed by atoms with Crippen molar-refractivity contribution in [3.05, 3.63) is 94.4 Å². The normalized spacial score (nSPS) is 16.8. The minimum atomic E-state index is 0.115. The van der Waals surface area contributed by atoms with Crippen molar-refractivity contribution in [3.63, 3.8) is 0 Å². The lowest BCUT2D eigenvalue weighted by molar-refractivity contribution is 0.235. The van der Waals surface area contributed by atoms with Gasteiger partial charge < -0.3 is 4.90 Å². The summed E-state index contributed by atoms with van der Waals surface area (Å²) < 4.78 is 1.80. The van der Waals surface area contributed by atoms with Crippen LogP contribution in [0.2, 0.25) is 0 Å². The van der Waals surface area contributed by atoms with E-state index in [0.29, 0.717) is 13.1 Å². The van der Waals surface area contributed by atoms with Crippen LogP contribution in [0.3, 0.4) is 0 Å². The van der Waals surface area contributed by atoms with Crippen molar-refractivity contribution >= 4 is 16.7 Å². The molecule has 1 saturated heterocycles. The zero-order valence-corrected chi connectivity index (χ0v) is 20.5. The summed E-state index contributed by atoms with van der Waals surface area (Å²) in [6.45, 7) is 7.67. The summed E-state index contributed by atoms with van der Waals surface area (Å²) >= 11 is 0. The van der Waals surface area contributed by atoms with Crippen LogP contribution >= 0.6 is 0 Å². The Morgan fingerprint density at radius 2 is 1.58 bits per heavy atom. The Morgan fingerprint density at radius 3 is 2.44 bits per heavy atom. The molecule has 0 unspecified atom stereocenters. The third-order valence-electron chi connectivity index (χ3n) is 7.37. The fourth-order valence-electron chi connectivity index (χ4n) is 5.32. The van der Waals surface area contributed by atoms with Gasteiger partial charge in [0.15, 0.2) is 0 Å². The van der Waals surface area contributed by atoms with Gasteiger partial charge in [-0.25, -0.2) is 15.0 Å². The Kier molecular flexibility index (Phi) is 6.44. The molecule has 0 radical (unpaired) electrons. The molecule has 0 saturated carbocycles. The predicted octanol–water partition coefficient (Wildman–Crippen LogP) is 2.57. The van der Waals surface area contributed by atoms with Crippen LogP contribution in [-0.2, 0) is 26.1 Å². The Hall–Kier alpha value is -3.62. The number of nitrogens with zero attached hydrogens (tertiary/aromatic N) is 7. The number of benzene rings is 2. The molecule has 184 valence electrons. The summed E-state index contributed by atoms with van der Waals surface area (Å²) in [6.07, 6.45) is 4.23. The highest BCUT2D eigenvalue weighted by molar-refractivity contribution is 5.89. The SMILES string of the molecule is O=c1c2c(ncn1CCN1CCN(c3ncnc4ccccc34)CC1)CCN(Cc1ccccc1)C2. The summed E-state index contributed by atoms with van der Waals surface area (Å²) in [4.78, 5) is 34.0. The molecule has 8 nitrogen and oxygen atoms in total. The van der Waals surface area contributed by atoms with E-state index in [-0.39, 0.29) is 5.56 Å². The molecule has 0 N–H and O–H groups in total. The van der Waals surface area contributed by atoms with E-state index in [0.717, 1.165) is 80.2 Å². The van der Waals surface area contributed by atoms with Crippen molar-refractivity contribution in [1.82, 2.24) is 29.3 Å². The first-order chi connectivity index (χ1) is 17.7. The molecule has 4 heterocycles. The third-order valence-corrected chi connectivity index (χ3v) is 7.37. The van der Waals surface area contributed by atoms with Gasteiger partial charge in [-0.1, -0.05) is 42.5 Å². The first-order valence-corrected chi connectivity index (χ1v) is 12.7. The molecule has 2 aliphatic heterocycles. The second-order valence-corrected chi connectivity index (χ2v) is 9.66. The lowest BCUT2D eigenvalue weighted by Gasteiger charge is -2.35. The minimum absolute atomic E-state index is 0.115. The second-order valence-electron chi connectivity index (χ2n) is 9.66. The predicted molar refractivity (Wildman–Crippen MR) is 141 cm³/mol. The number of anilines is 1. The van der Waals surface area contributed by atoms with Gasteiger partial charge in [0, 0.05) is 70.7 Å². The first kappa shape index (κ1) is 22.8. The summed E-state index contributed by atoms with van der Waals surface area (Å²) in [5, 5.41) is 1.10. The molecular weight excluding hydrogens is 450 g/mol. The highest BCUT2D eigenvalue weighted by atomic mass is 16.1. The Balaban J connectivity index is 1.07. The third kappa shape index (κ3) is 4.74. The van der Waals surface area contributed by atoms with Crippen LogP contribution in [0.1, 0.15) is 16.8 Å². The molecule has 2 aliphatic rings. The van der Waals surface area contributed by atoms with Crippen LogP contribution in [0.4, 0.5) is 5.82 Å². The average Bonchev–Trinajstić information content (AvgIpc) is 2.93. The zero-order valence-electron chi connectivity index (χ0n) is 20.5. The number of fused-ring (bicyclic) bond motifs is 2. The zero-order chi connectivity index (χ0) is 24.3. The highest BCUT2D eigenvalue weighted by Gasteiger charge is 2.23. The summed E-state index contributed by atoms with van der Waals surface area (Å²) in [6, 6.07) is 18.6. The van der Waals surface area contributed by atoms with Gasteiger partial charge in [0.05, 0.1) is 23.1 Å². The van der Waals surface area contributed by atoms with Gasteiger partial charge in [-0.05, 0) is 17.7 Å². The molecular formula is C28H31N7O. The lowest BCUT2D eigenvalue weighted by Crippen LogP contribution is -2.48. The number of aromatic nitrogens is 4. The van der Waals surface area contributed by atoms with Gasteiger partial charge in [0.2, 0.25) is 0 Å². The maximum Gasteiger partial charge on any atom is 0.258 e. The number of rotatable bonds is 6. The van der Waals surface area contributed by atoms with E-state index in [1.807, 2.05) is 24.3 Å². The van der Waals surface area contributed by atoms with E-state index in [1.165, 1.54) is 5.56 Å². The number of hydrogen-bond donors (Lipinski definition) is 0. The topological polar surface area (TPSA) is 70.4 Å². The van der Waals surface area contributed by atoms with E-state index >= 15 is 0 Å². The molecule has 2 aromatic carbocycles. The van der Waals surface area contributed by atoms with Crippen LogP contribution in [-0.4, -0.2) is 68.6 Å². The Morgan fingerprint density at radius 1 is 0.778 bits per heavy atom. The summed E-state index contributed by atoms with van der Waals surface area (Å²) in [5.41, 5.74) is 4.20. The van der Waals surface area contributed by atoms with E-state index in [9.17, 15) is 4.79 Å². The van der Waals surface area contributed by atoms with Crippen LogP contribution in [0, 0.1) is 0 Å². The first-order valence-electron chi connectivity index (χ1n) is 12.7. The standard InChI is InChI=1S/C28H31N7O/c36-28-24-19-33(18-22-6-2-1-3-7-22)11-10-26(24)31-21-35(28)17-14-32-12-15-34(16-13-32)27-23-8-4-5-9-25(23)29-20-30-27/h1-9,20-21H,10-19H2. The van der Waals surface area contributed by atoms with E-state index in [4.69, 9.17) is 0 Å². The molecule has 6 rings (SSSR count). The van der Waals surface area contributed by atoms with Gasteiger partial charge in [-0.2, -0.15) is 0 Å². The molecule has 2 aromatic heterocycles. The largest absolute Gasteiger partial charge is 0.353 e. The van der Waals surface area contributed by atoms with Gasteiger partial charge in [0.25, 0.3) is 5.56 Å². The quantitative estimate of drug-likeness (QED) is 0.419. The molecule has 4 aromatic rings. The number of hydrogen-bond acceptors (Lipinski definition) is 7. The highest BCUT2D eigenvalue weighted by Crippen LogP contribution is 2.23. The Labute approximate surface area is 210 Å². The molecule has 0 amide bonds. The van der Waals surface area contributed by atoms with Gasteiger partial charge in [-0.3, -0.25) is 19.2 Å². The number of piperazine rings is 1. The molecule has 0 atom stereocenters. The van der Waals surface area contributed by atoms with Crippen molar-refractivity contribution < 1.29 is 0 Å². The van der Waals surface area contributed by atoms with Crippen LogP contribution in [0.5, 0.6) is 0 Å². The molecule has 0 bridgehead atoms. The van der Waals surface area contributed by atoms with Gasteiger partial charge in [0.1, 0.15) is 12.1 Å². The monoisotopic (exact) mass is 481 g/mol. The van der Waals surface area contributed by atoms with Gasteiger partial charge in [-0.15, -0.1) is 0 Å². The van der Waals surface area contributed by atoms with Crippen molar-refractivity contribution in [2.24, 2.45) is 0 Å². The smallest absolute Gasteiger partial charge is 0.258 e. The van der Waals surface area contributed by atoms with Crippen molar-refractivity contribution in [2.75, 3.05) is 44.2 Å². The fraction of sp³-hybridized carbons (Fsp3) is 0.357. The molecule has 1 fully saturated rings. The summed E-state index contributed by atoms with van der Waals surface area (Å²) in [7, 11) is 0. The van der Waals surface area contributed by atoms with Crippen molar-refractivity contribution in [2.45, 2.75) is 26.1 Å².